The number of imidazole rings is 1. The first kappa shape index (κ1) is 12.4. The molecule has 0 aliphatic heterocycles. The molecule has 1 unspecified atom stereocenters. The Hall–Kier alpha value is -2.10. The lowest BCUT2D eigenvalue weighted by Crippen LogP contribution is -2.04. The van der Waals surface area contributed by atoms with Gasteiger partial charge >= 0.3 is 5.97 Å². The molecule has 18 heavy (non-hydrogen) atoms. The largest absolute Gasteiger partial charge is 0.481 e. The summed E-state index contributed by atoms with van der Waals surface area (Å²) < 4.78 is 0. The van der Waals surface area contributed by atoms with E-state index in [1.807, 2.05) is 38.1 Å². The predicted molar refractivity (Wildman–Crippen MR) is 69.4 cm³/mol. The highest BCUT2D eigenvalue weighted by Gasteiger charge is 2.14. The second kappa shape index (κ2) is 5.04. The number of rotatable bonds is 4. The van der Waals surface area contributed by atoms with E-state index in [1.165, 1.54) is 5.56 Å². The maximum Gasteiger partial charge on any atom is 0.304 e. The number of hydrogen-bond acceptors (Lipinski definition) is 2. The van der Waals surface area contributed by atoms with E-state index in [2.05, 4.69) is 9.97 Å². The Bertz CT molecular complexity index is 560. The van der Waals surface area contributed by atoms with Gasteiger partial charge in [-0.2, -0.15) is 0 Å². The number of carbonyl (C=O) groups is 1. The van der Waals surface area contributed by atoms with Gasteiger partial charge in [-0.1, -0.05) is 31.2 Å². The number of benzene rings is 1. The van der Waals surface area contributed by atoms with Crippen molar-refractivity contribution in [3.05, 3.63) is 41.9 Å². The monoisotopic (exact) mass is 244 g/mol. The standard InChI is InChI=1S/C14H16N2O2/c1-9-5-3-4-6-11(9)12-8-15-14(16-12)10(2)7-13(17)18/h3-6,8,10H,7H2,1-2H3,(H,15,16)(H,17,18). The van der Waals surface area contributed by atoms with E-state index in [1.54, 1.807) is 6.20 Å². The molecule has 0 spiro atoms. The Balaban J connectivity index is 2.26. The third-order valence-electron chi connectivity index (χ3n) is 2.98. The summed E-state index contributed by atoms with van der Waals surface area (Å²) in [6.45, 7) is 3.89. The Kier molecular flexibility index (Phi) is 3.46. The van der Waals surface area contributed by atoms with Crippen LogP contribution in [0.2, 0.25) is 0 Å². The molecule has 0 radical (unpaired) electrons. The Labute approximate surface area is 106 Å². The van der Waals surface area contributed by atoms with E-state index in [0.717, 1.165) is 17.1 Å². The zero-order valence-electron chi connectivity index (χ0n) is 10.5. The minimum atomic E-state index is -0.809. The number of hydrogen-bond donors (Lipinski definition) is 2. The van der Waals surface area contributed by atoms with Gasteiger partial charge in [0.2, 0.25) is 0 Å². The molecule has 0 aliphatic carbocycles. The summed E-state index contributed by atoms with van der Waals surface area (Å²) in [6, 6.07) is 8.03. The molecule has 0 amide bonds. The van der Waals surface area contributed by atoms with Gasteiger partial charge in [0.15, 0.2) is 0 Å². The molecule has 0 fully saturated rings. The number of aryl methyl sites for hydroxylation is 1. The van der Waals surface area contributed by atoms with Gasteiger partial charge in [-0.15, -0.1) is 0 Å². The molecule has 94 valence electrons. The molecular weight excluding hydrogens is 228 g/mol. The molecular formula is C14H16N2O2. The normalized spacial score (nSPS) is 12.3. The van der Waals surface area contributed by atoms with Gasteiger partial charge in [0.05, 0.1) is 18.3 Å². The molecule has 1 aromatic carbocycles. The topological polar surface area (TPSA) is 66.0 Å². The number of carboxylic acids is 1. The van der Waals surface area contributed by atoms with Crippen LogP contribution in [0, 0.1) is 6.92 Å². The zero-order chi connectivity index (χ0) is 13.1. The van der Waals surface area contributed by atoms with Gasteiger partial charge in [-0.05, 0) is 12.5 Å². The lowest BCUT2D eigenvalue weighted by atomic mass is 10.1. The van der Waals surface area contributed by atoms with Gasteiger partial charge in [0.1, 0.15) is 5.82 Å². The van der Waals surface area contributed by atoms with Crippen LogP contribution in [0.4, 0.5) is 0 Å². The van der Waals surface area contributed by atoms with Crippen molar-refractivity contribution in [3.8, 4) is 11.3 Å². The highest BCUT2D eigenvalue weighted by atomic mass is 16.4. The van der Waals surface area contributed by atoms with Crippen molar-refractivity contribution < 1.29 is 9.90 Å². The molecule has 1 atom stereocenters. The summed E-state index contributed by atoms with van der Waals surface area (Å²) in [4.78, 5) is 18.1. The van der Waals surface area contributed by atoms with E-state index in [-0.39, 0.29) is 12.3 Å². The van der Waals surface area contributed by atoms with E-state index >= 15 is 0 Å². The number of nitrogens with zero attached hydrogens (tertiary/aromatic N) is 1. The number of nitrogens with one attached hydrogen (secondary N) is 1. The smallest absolute Gasteiger partial charge is 0.304 e. The fraction of sp³-hybridized carbons (Fsp3) is 0.286. The SMILES string of the molecule is Cc1ccccc1-c1cnc(C(C)CC(=O)O)[nH]1. The molecule has 2 N–H and O–H groups in total. The van der Waals surface area contributed by atoms with Crippen LogP contribution >= 0.6 is 0 Å². The summed E-state index contributed by atoms with van der Waals surface area (Å²) in [5.74, 6) is -0.202. The van der Waals surface area contributed by atoms with Gasteiger partial charge in [-0.25, -0.2) is 4.98 Å². The lowest BCUT2D eigenvalue weighted by Gasteiger charge is -2.05. The molecule has 0 aliphatic rings. The third kappa shape index (κ3) is 2.59. The van der Waals surface area contributed by atoms with Crippen LogP contribution in [0.15, 0.2) is 30.5 Å². The van der Waals surface area contributed by atoms with E-state index < -0.39 is 5.97 Å². The number of aliphatic carboxylic acids is 1. The van der Waals surface area contributed by atoms with Crippen LogP contribution in [-0.2, 0) is 4.79 Å². The lowest BCUT2D eigenvalue weighted by molar-refractivity contribution is -0.137. The molecule has 2 rings (SSSR count). The first-order chi connectivity index (χ1) is 8.58. The minimum Gasteiger partial charge on any atom is -0.481 e. The van der Waals surface area contributed by atoms with Crippen LogP contribution in [0.1, 0.15) is 30.7 Å². The fourth-order valence-electron chi connectivity index (χ4n) is 1.96. The summed E-state index contributed by atoms with van der Waals surface area (Å²) >= 11 is 0. The van der Waals surface area contributed by atoms with Crippen molar-refractivity contribution in [2.75, 3.05) is 0 Å². The van der Waals surface area contributed by atoms with Crippen molar-refractivity contribution in [2.45, 2.75) is 26.2 Å². The van der Waals surface area contributed by atoms with Gasteiger partial charge in [0.25, 0.3) is 0 Å². The van der Waals surface area contributed by atoms with Crippen LogP contribution in [0.5, 0.6) is 0 Å². The van der Waals surface area contributed by atoms with E-state index in [4.69, 9.17) is 5.11 Å². The van der Waals surface area contributed by atoms with Crippen LogP contribution < -0.4 is 0 Å². The first-order valence-corrected chi connectivity index (χ1v) is 5.90. The average molecular weight is 244 g/mol. The van der Waals surface area contributed by atoms with Crippen molar-refractivity contribution in [1.29, 1.82) is 0 Å². The maximum absolute atomic E-state index is 10.7. The van der Waals surface area contributed by atoms with Gasteiger partial charge < -0.3 is 10.1 Å². The van der Waals surface area contributed by atoms with Gasteiger partial charge in [-0.3, -0.25) is 4.79 Å². The summed E-state index contributed by atoms with van der Waals surface area (Å²) in [6.07, 6.45) is 1.84. The minimum absolute atomic E-state index is 0.0841. The molecule has 4 nitrogen and oxygen atoms in total. The molecule has 1 aromatic heterocycles. The molecule has 1 heterocycles. The summed E-state index contributed by atoms with van der Waals surface area (Å²) in [5.41, 5.74) is 3.19. The van der Waals surface area contributed by atoms with Crippen molar-refractivity contribution >= 4 is 5.97 Å². The van der Waals surface area contributed by atoms with E-state index in [0.29, 0.717) is 0 Å². The van der Waals surface area contributed by atoms with Crippen molar-refractivity contribution in [1.82, 2.24) is 9.97 Å². The highest BCUT2D eigenvalue weighted by Crippen LogP contribution is 2.24. The Morgan fingerprint density at radius 2 is 2.17 bits per heavy atom. The van der Waals surface area contributed by atoms with E-state index in [9.17, 15) is 4.79 Å². The Morgan fingerprint density at radius 1 is 1.44 bits per heavy atom. The van der Waals surface area contributed by atoms with Gasteiger partial charge in [0, 0.05) is 11.5 Å². The summed E-state index contributed by atoms with van der Waals surface area (Å²) in [5, 5.41) is 8.77. The highest BCUT2D eigenvalue weighted by molar-refractivity contribution is 5.68. The molecule has 0 saturated heterocycles. The fourth-order valence-corrected chi connectivity index (χ4v) is 1.96. The zero-order valence-corrected chi connectivity index (χ0v) is 10.5. The van der Waals surface area contributed by atoms with Crippen LogP contribution in [0.25, 0.3) is 11.3 Å². The van der Waals surface area contributed by atoms with Crippen LogP contribution in [0.3, 0.4) is 0 Å². The maximum atomic E-state index is 10.7. The number of H-pyrrole nitrogens is 1. The quantitative estimate of drug-likeness (QED) is 0.868. The first-order valence-electron chi connectivity index (χ1n) is 5.90. The van der Waals surface area contributed by atoms with Crippen molar-refractivity contribution in [3.63, 3.8) is 0 Å². The number of carboxylic acid groups (broad SMARTS) is 1. The molecule has 0 saturated carbocycles. The molecule has 0 bridgehead atoms. The number of aromatic amines is 1. The molecule has 2 aromatic rings. The second-order valence-corrected chi connectivity index (χ2v) is 4.50. The predicted octanol–water partition coefficient (Wildman–Crippen LogP) is 2.96. The second-order valence-electron chi connectivity index (χ2n) is 4.50. The van der Waals surface area contributed by atoms with Crippen molar-refractivity contribution in [2.24, 2.45) is 0 Å². The average Bonchev–Trinajstić information content (AvgIpc) is 2.78. The molecule has 4 heteroatoms. The summed E-state index contributed by atoms with van der Waals surface area (Å²) in [7, 11) is 0. The number of aromatic nitrogens is 2. The Morgan fingerprint density at radius 3 is 2.83 bits per heavy atom. The third-order valence-corrected chi connectivity index (χ3v) is 2.98. The van der Waals surface area contributed by atoms with Crippen LogP contribution in [-0.4, -0.2) is 21.0 Å².